The van der Waals surface area contributed by atoms with Crippen LogP contribution in [0.4, 0.5) is 0 Å². The van der Waals surface area contributed by atoms with E-state index in [0.29, 0.717) is 5.92 Å². The molecule has 0 bridgehead atoms. The summed E-state index contributed by atoms with van der Waals surface area (Å²) in [6, 6.07) is 6.28. The Hall–Kier alpha value is -1.77. The van der Waals surface area contributed by atoms with Crippen LogP contribution in [0.3, 0.4) is 0 Å². The molecule has 1 aromatic carbocycles. The number of fused-ring (bicyclic) bond motifs is 1. The first kappa shape index (κ1) is 9.46. The minimum absolute atomic E-state index is 0.386. The van der Waals surface area contributed by atoms with Crippen LogP contribution in [0.5, 0.6) is 5.75 Å². The minimum atomic E-state index is 0.386. The van der Waals surface area contributed by atoms with Gasteiger partial charge in [-0.15, -0.1) is 0 Å². The molecule has 0 saturated carbocycles. The van der Waals surface area contributed by atoms with Gasteiger partial charge in [0.1, 0.15) is 5.75 Å². The van der Waals surface area contributed by atoms with Gasteiger partial charge >= 0.3 is 0 Å². The van der Waals surface area contributed by atoms with Crippen LogP contribution in [-0.2, 0) is 6.42 Å². The van der Waals surface area contributed by atoms with Crippen molar-refractivity contribution in [2.75, 3.05) is 7.11 Å². The highest BCUT2D eigenvalue weighted by Gasteiger charge is 2.28. The van der Waals surface area contributed by atoms with Crippen LogP contribution < -0.4 is 4.74 Å². The molecule has 2 aromatic rings. The molecule has 0 amide bonds. The van der Waals surface area contributed by atoms with E-state index in [2.05, 4.69) is 22.1 Å². The molecular weight excluding hydrogens is 200 g/mol. The van der Waals surface area contributed by atoms with E-state index < -0.39 is 0 Å². The van der Waals surface area contributed by atoms with Crippen molar-refractivity contribution in [3.05, 3.63) is 47.5 Å². The highest BCUT2D eigenvalue weighted by molar-refractivity contribution is 5.49. The second kappa shape index (κ2) is 3.67. The average molecular weight is 214 g/mol. The molecule has 1 aliphatic carbocycles. The number of hydrogen-bond donors (Lipinski definition) is 1. The normalized spacial score (nSPS) is 18.4. The van der Waals surface area contributed by atoms with E-state index in [0.717, 1.165) is 24.3 Å². The summed E-state index contributed by atoms with van der Waals surface area (Å²) in [5, 5.41) is 0. The zero-order valence-corrected chi connectivity index (χ0v) is 9.23. The van der Waals surface area contributed by atoms with Crippen LogP contribution in [0.25, 0.3) is 0 Å². The maximum Gasteiger partial charge on any atom is 0.123 e. The van der Waals surface area contributed by atoms with Crippen LogP contribution in [0.2, 0.25) is 0 Å². The Balaban J connectivity index is 2.10. The van der Waals surface area contributed by atoms with Crippen molar-refractivity contribution < 1.29 is 4.74 Å². The first-order valence-corrected chi connectivity index (χ1v) is 5.54. The Morgan fingerprint density at radius 1 is 1.44 bits per heavy atom. The summed E-state index contributed by atoms with van der Waals surface area (Å²) in [7, 11) is 1.73. The Morgan fingerprint density at radius 3 is 3.12 bits per heavy atom. The van der Waals surface area contributed by atoms with E-state index in [-0.39, 0.29) is 0 Å². The number of H-pyrrole nitrogens is 1. The Labute approximate surface area is 94.5 Å². The predicted octanol–water partition coefficient (Wildman–Crippen LogP) is 2.50. The third kappa shape index (κ3) is 1.32. The highest BCUT2D eigenvalue weighted by Crippen LogP contribution is 2.42. The van der Waals surface area contributed by atoms with E-state index in [9.17, 15) is 0 Å². The van der Waals surface area contributed by atoms with E-state index in [1.54, 1.807) is 13.4 Å². The smallest absolute Gasteiger partial charge is 0.123 e. The van der Waals surface area contributed by atoms with Gasteiger partial charge in [-0.2, -0.15) is 0 Å². The summed E-state index contributed by atoms with van der Waals surface area (Å²) < 4.78 is 5.45. The number of nitrogens with one attached hydrogen (secondary N) is 1. The van der Waals surface area contributed by atoms with Gasteiger partial charge in [0.05, 0.1) is 19.1 Å². The van der Waals surface area contributed by atoms with Crippen molar-refractivity contribution in [2.24, 2.45) is 0 Å². The van der Waals surface area contributed by atoms with Crippen molar-refractivity contribution >= 4 is 0 Å². The quantitative estimate of drug-likeness (QED) is 0.834. The average Bonchev–Trinajstić information content (AvgIpc) is 2.96. The Kier molecular flexibility index (Phi) is 2.17. The number of imidazole rings is 1. The molecule has 0 spiro atoms. The molecule has 0 fully saturated rings. The topological polar surface area (TPSA) is 37.9 Å². The molecular formula is C13H14N2O. The van der Waals surface area contributed by atoms with Gasteiger partial charge in [0, 0.05) is 17.7 Å². The largest absolute Gasteiger partial charge is 0.496 e. The van der Waals surface area contributed by atoms with Gasteiger partial charge in [-0.05, 0) is 24.5 Å². The summed E-state index contributed by atoms with van der Waals surface area (Å²) in [5.74, 6) is 1.38. The second-order valence-corrected chi connectivity index (χ2v) is 4.12. The van der Waals surface area contributed by atoms with Crippen molar-refractivity contribution in [1.82, 2.24) is 9.97 Å². The summed E-state index contributed by atoms with van der Waals surface area (Å²) in [5.41, 5.74) is 3.83. The third-order valence-electron chi connectivity index (χ3n) is 3.30. The van der Waals surface area contributed by atoms with Gasteiger partial charge in [0.15, 0.2) is 0 Å². The van der Waals surface area contributed by atoms with Crippen molar-refractivity contribution in [3.63, 3.8) is 0 Å². The molecule has 0 aliphatic heterocycles. The number of ether oxygens (including phenoxy) is 1. The summed E-state index contributed by atoms with van der Waals surface area (Å²) in [6.45, 7) is 0. The lowest BCUT2D eigenvalue weighted by Crippen LogP contribution is -1.99. The van der Waals surface area contributed by atoms with Crippen LogP contribution in [0, 0.1) is 0 Å². The lowest BCUT2D eigenvalue weighted by atomic mass is 9.97. The minimum Gasteiger partial charge on any atom is -0.496 e. The fraction of sp³-hybridized carbons (Fsp3) is 0.308. The van der Waals surface area contributed by atoms with Gasteiger partial charge in [0.25, 0.3) is 0 Å². The zero-order chi connectivity index (χ0) is 11.0. The Bertz CT molecular complexity index is 491. The SMILES string of the molecule is COc1cccc2c1C(c1c[nH]cn1)CC2. The number of hydrogen-bond acceptors (Lipinski definition) is 2. The molecule has 1 N–H and O–H groups in total. The maximum atomic E-state index is 5.45. The monoisotopic (exact) mass is 214 g/mol. The van der Waals surface area contributed by atoms with Gasteiger partial charge in [-0.1, -0.05) is 12.1 Å². The Morgan fingerprint density at radius 2 is 2.38 bits per heavy atom. The summed E-state index contributed by atoms with van der Waals surface area (Å²) in [6.07, 6.45) is 5.96. The molecule has 82 valence electrons. The van der Waals surface area contributed by atoms with Crippen molar-refractivity contribution in [1.29, 1.82) is 0 Å². The number of methoxy groups -OCH3 is 1. The number of nitrogens with zero attached hydrogens (tertiary/aromatic N) is 1. The molecule has 3 nitrogen and oxygen atoms in total. The van der Waals surface area contributed by atoms with Crippen LogP contribution in [-0.4, -0.2) is 17.1 Å². The van der Waals surface area contributed by atoms with Crippen LogP contribution >= 0.6 is 0 Å². The molecule has 1 unspecified atom stereocenters. The number of aryl methyl sites for hydroxylation is 1. The number of rotatable bonds is 2. The van der Waals surface area contributed by atoms with E-state index in [1.807, 2.05) is 12.3 Å². The van der Waals surface area contributed by atoms with E-state index >= 15 is 0 Å². The lowest BCUT2D eigenvalue weighted by molar-refractivity contribution is 0.408. The number of aromatic amines is 1. The first-order valence-electron chi connectivity index (χ1n) is 5.54. The lowest BCUT2D eigenvalue weighted by Gasteiger charge is -2.12. The fourth-order valence-electron chi connectivity index (χ4n) is 2.58. The number of benzene rings is 1. The van der Waals surface area contributed by atoms with Gasteiger partial charge in [-0.3, -0.25) is 0 Å². The molecule has 3 heteroatoms. The fourth-order valence-corrected chi connectivity index (χ4v) is 2.58. The van der Waals surface area contributed by atoms with Crippen LogP contribution in [0.15, 0.2) is 30.7 Å². The molecule has 3 rings (SSSR count). The summed E-state index contributed by atoms with van der Waals surface area (Å²) >= 11 is 0. The molecule has 0 saturated heterocycles. The molecule has 1 heterocycles. The molecule has 1 aliphatic rings. The number of aromatic nitrogens is 2. The van der Waals surface area contributed by atoms with Gasteiger partial charge in [0.2, 0.25) is 0 Å². The summed E-state index contributed by atoms with van der Waals surface area (Å²) in [4.78, 5) is 7.38. The van der Waals surface area contributed by atoms with Crippen molar-refractivity contribution in [2.45, 2.75) is 18.8 Å². The predicted molar refractivity (Wildman–Crippen MR) is 61.7 cm³/mol. The van der Waals surface area contributed by atoms with Gasteiger partial charge in [-0.25, -0.2) is 4.98 Å². The van der Waals surface area contributed by atoms with E-state index in [4.69, 9.17) is 4.74 Å². The van der Waals surface area contributed by atoms with Crippen molar-refractivity contribution in [3.8, 4) is 5.75 Å². The first-order chi connectivity index (χ1) is 7.90. The van der Waals surface area contributed by atoms with Crippen LogP contribution in [0.1, 0.15) is 29.2 Å². The van der Waals surface area contributed by atoms with E-state index in [1.165, 1.54) is 11.1 Å². The molecule has 1 aromatic heterocycles. The molecule has 16 heavy (non-hydrogen) atoms. The molecule has 1 atom stereocenters. The maximum absolute atomic E-state index is 5.45. The highest BCUT2D eigenvalue weighted by atomic mass is 16.5. The standard InChI is InChI=1S/C13H14N2O/c1-16-12-4-2-3-9-5-6-10(13(9)12)11-7-14-8-15-11/h2-4,7-8,10H,5-6H2,1H3,(H,14,15). The third-order valence-corrected chi connectivity index (χ3v) is 3.30. The molecule has 0 radical (unpaired) electrons. The van der Waals surface area contributed by atoms with Gasteiger partial charge < -0.3 is 9.72 Å². The second-order valence-electron chi connectivity index (χ2n) is 4.12. The zero-order valence-electron chi connectivity index (χ0n) is 9.23.